The molecule has 5 rings (SSSR count). The second kappa shape index (κ2) is 10.1. The number of carbonyl (C=O) groups excluding carboxylic acids is 3. The van der Waals surface area contributed by atoms with Crippen molar-refractivity contribution >= 4 is 23.7 Å². The van der Waals surface area contributed by atoms with Crippen LogP contribution in [-0.4, -0.2) is 31.1 Å². The number of fused-ring (bicyclic) bond motifs is 1. The van der Waals surface area contributed by atoms with Crippen LogP contribution >= 0.6 is 0 Å². The zero-order valence-electron chi connectivity index (χ0n) is 20.0. The molecule has 3 aliphatic carbocycles. The van der Waals surface area contributed by atoms with Gasteiger partial charge >= 0.3 is 12.1 Å². The van der Waals surface area contributed by atoms with E-state index in [2.05, 4.69) is 10.6 Å². The molecule has 0 saturated heterocycles. The number of hydrogen-bond acceptors (Lipinski definition) is 5. The SMILES string of the molecule is COC(=O)C1CCc2cc(NC(=O)[C@@H](NC(=O)OCc3ccccc3)C(C3CC3)C3CC3)ccc21. The monoisotopic (exact) mass is 476 g/mol. The van der Waals surface area contributed by atoms with Crippen molar-refractivity contribution in [3.8, 4) is 0 Å². The molecule has 2 aromatic rings. The van der Waals surface area contributed by atoms with Crippen LogP contribution in [0.4, 0.5) is 10.5 Å². The summed E-state index contributed by atoms with van der Waals surface area (Å²) in [5.41, 5.74) is 3.58. The average molecular weight is 477 g/mol. The normalized spacial score (nSPS) is 19.5. The first kappa shape index (κ1) is 23.4. The van der Waals surface area contributed by atoms with Crippen LogP contribution in [0.2, 0.25) is 0 Å². The maximum Gasteiger partial charge on any atom is 0.408 e. The molecule has 2 amide bonds. The number of benzene rings is 2. The largest absolute Gasteiger partial charge is 0.469 e. The summed E-state index contributed by atoms with van der Waals surface area (Å²) in [6.07, 6.45) is 5.29. The van der Waals surface area contributed by atoms with Crippen LogP contribution in [0, 0.1) is 17.8 Å². The smallest absolute Gasteiger partial charge is 0.408 e. The molecule has 0 spiro atoms. The van der Waals surface area contributed by atoms with Gasteiger partial charge in [-0.1, -0.05) is 36.4 Å². The van der Waals surface area contributed by atoms with Gasteiger partial charge in [-0.2, -0.15) is 0 Å². The van der Waals surface area contributed by atoms with Crippen LogP contribution in [0.1, 0.15) is 54.7 Å². The van der Waals surface area contributed by atoms with Crippen LogP contribution in [0.25, 0.3) is 0 Å². The maximum absolute atomic E-state index is 13.5. The van der Waals surface area contributed by atoms with E-state index in [1.807, 2.05) is 48.5 Å². The molecule has 0 radical (unpaired) electrons. The number of methoxy groups -OCH3 is 1. The fraction of sp³-hybridized carbons (Fsp3) is 0.464. The van der Waals surface area contributed by atoms with Gasteiger partial charge in [0, 0.05) is 5.69 Å². The number of hydrogen-bond donors (Lipinski definition) is 2. The maximum atomic E-state index is 13.5. The Labute approximate surface area is 205 Å². The van der Waals surface area contributed by atoms with Gasteiger partial charge in [0.05, 0.1) is 13.0 Å². The lowest BCUT2D eigenvalue weighted by Crippen LogP contribution is -2.50. The number of alkyl carbamates (subject to hydrolysis) is 1. The third-order valence-corrected chi connectivity index (χ3v) is 7.46. The molecule has 184 valence electrons. The molecule has 0 heterocycles. The number of aryl methyl sites for hydroxylation is 1. The Bertz CT molecular complexity index is 1080. The number of carbonyl (C=O) groups is 3. The van der Waals surface area contributed by atoms with E-state index in [4.69, 9.17) is 9.47 Å². The summed E-state index contributed by atoms with van der Waals surface area (Å²) < 4.78 is 10.4. The van der Waals surface area contributed by atoms with E-state index in [1.165, 1.54) is 7.11 Å². The second-order valence-corrected chi connectivity index (χ2v) is 9.95. The number of nitrogens with one attached hydrogen (secondary N) is 2. The summed E-state index contributed by atoms with van der Waals surface area (Å²) >= 11 is 0. The second-order valence-electron chi connectivity index (χ2n) is 9.95. The number of esters is 1. The van der Waals surface area contributed by atoms with Gasteiger partial charge in [0.2, 0.25) is 5.91 Å². The molecule has 0 bridgehead atoms. The Morgan fingerprint density at radius 2 is 1.69 bits per heavy atom. The van der Waals surface area contributed by atoms with Crippen molar-refractivity contribution in [1.29, 1.82) is 0 Å². The number of rotatable bonds is 9. The van der Waals surface area contributed by atoms with Crippen molar-refractivity contribution < 1.29 is 23.9 Å². The molecule has 2 atom stereocenters. The number of amides is 2. The first-order valence-corrected chi connectivity index (χ1v) is 12.5. The minimum absolute atomic E-state index is 0.123. The topological polar surface area (TPSA) is 93.7 Å². The van der Waals surface area contributed by atoms with Crippen LogP contribution < -0.4 is 10.6 Å². The summed E-state index contributed by atoms with van der Waals surface area (Å²) in [5.74, 6) is 0.366. The van der Waals surface area contributed by atoms with Crippen LogP contribution in [0.3, 0.4) is 0 Å². The molecule has 7 nitrogen and oxygen atoms in total. The minimum Gasteiger partial charge on any atom is -0.469 e. The summed E-state index contributed by atoms with van der Waals surface area (Å²) in [5, 5.41) is 5.93. The Kier molecular flexibility index (Phi) is 6.75. The molecular formula is C28H32N2O5. The molecule has 2 aromatic carbocycles. The van der Waals surface area contributed by atoms with Gasteiger partial charge < -0.3 is 20.1 Å². The van der Waals surface area contributed by atoms with E-state index in [0.717, 1.165) is 48.8 Å². The van der Waals surface area contributed by atoms with Gasteiger partial charge in [0.1, 0.15) is 12.6 Å². The van der Waals surface area contributed by atoms with Crippen molar-refractivity contribution in [1.82, 2.24) is 5.32 Å². The lowest BCUT2D eigenvalue weighted by atomic mass is 9.88. The number of anilines is 1. The Hall–Kier alpha value is -3.35. The molecule has 0 aromatic heterocycles. The van der Waals surface area contributed by atoms with Crippen LogP contribution in [0.5, 0.6) is 0 Å². The minimum atomic E-state index is -0.644. The fourth-order valence-corrected chi connectivity index (χ4v) is 5.42. The summed E-state index contributed by atoms with van der Waals surface area (Å²) in [6.45, 7) is 0.157. The molecule has 2 saturated carbocycles. The molecule has 1 unspecified atom stereocenters. The van der Waals surface area contributed by atoms with E-state index in [1.54, 1.807) is 0 Å². The third kappa shape index (κ3) is 5.50. The van der Waals surface area contributed by atoms with E-state index < -0.39 is 12.1 Å². The Morgan fingerprint density at radius 1 is 0.971 bits per heavy atom. The highest BCUT2D eigenvalue weighted by Gasteiger charge is 2.48. The van der Waals surface area contributed by atoms with Gasteiger partial charge in [0.25, 0.3) is 0 Å². The Morgan fingerprint density at radius 3 is 2.34 bits per heavy atom. The molecule has 35 heavy (non-hydrogen) atoms. The van der Waals surface area contributed by atoms with Crippen molar-refractivity contribution in [2.24, 2.45) is 17.8 Å². The molecule has 0 aliphatic heterocycles. The van der Waals surface area contributed by atoms with Gasteiger partial charge in [-0.3, -0.25) is 9.59 Å². The predicted molar refractivity (Wildman–Crippen MR) is 131 cm³/mol. The van der Waals surface area contributed by atoms with E-state index >= 15 is 0 Å². The van der Waals surface area contributed by atoms with Crippen molar-refractivity contribution in [2.75, 3.05) is 12.4 Å². The summed E-state index contributed by atoms with van der Waals surface area (Å²) in [7, 11) is 1.41. The lowest BCUT2D eigenvalue weighted by Gasteiger charge is -2.27. The first-order chi connectivity index (χ1) is 17.0. The standard InChI is InChI=1S/C28H32N2O5/c1-34-27(32)23-13-11-20-15-21(12-14-22(20)23)29-26(31)25(24(18-7-8-18)19-9-10-19)30-28(33)35-16-17-5-3-2-4-6-17/h2-6,12,14-15,18-19,23-25H,7-11,13,16H2,1H3,(H,29,31)(H,30,33)/t23?,25-/m0/s1. The van der Waals surface area contributed by atoms with Crippen molar-refractivity contribution in [3.05, 3.63) is 65.2 Å². The highest BCUT2D eigenvalue weighted by atomic mass is 16.5. The van der Waals surface area contributed by atoms with Crippen molar-refractivity contribution in [3.63, 3.8) is 0 Å². The van der Waals surface area contributed by atoms with E-state index in [0.29, 0.717) is 23.9 Å². The van der Waals surface area contributed by atoms with Gasteiger partial charge in [0.15, 0.2) is 0 Å². The lowest BCUT2D eigenvalue weighted by molar-refractivity contribution is -0.142. The number of ether oxygens (including phenoxy) is 2. The zero-order chi connectivity index (χ0) is 24.4. The fourth-order valence-electron chi connectivity index (χ4n) is 5.42. The van der Waals surface area contributed by atoms with Crippen LogP contribution in [0.15, 0.2) is 48.5 Å². The van der Waals surface area contributed by atoms with Crippen molar-refractivity contribution in [2.45, 2.75) is 57.1 Å². The quantitative estimate of drug-likeness (QED) is 0.518. The highest BCUT2D eigenvalue weighted by molar-refractivity contribution is 5.97. The predicted octanol–water partition coefficient (Wildman–Crippen LogP) is 4.56. The molecule has 3 aliphatic rings. The van der Waals surface area contributed by atoms with Gasteiger partial charge in [-0.15, -0.1) is 0 Å². The summed E-state index contributed by atoms with van der Waals surface area (Å²) in [4.78, 5) is 38.2. The van der Waals surface area contributed by atoms with Crippen LogP contribution in [-0.2, 0) is 32.1 Å². The summed E-state index contributed by atoms with van der Waals surface area (Å²) in [6, 6.07) is 14.5. The van der Waals surface area contributed by atoms with Gasteiger partial charge in [-0.05, 0) is 85.1 Å². The highest BCUT2D eigenvalue weighted by Crippen LogP contribution is 2.51. The van der Waals surface area contributed by atoms with E-state index in [9.17, 15) is 14.4 Å². The molecule has 2 fully saturated rings. The first-order valence-electron chi connectivity index (χ1n) is 12.5. The molecule has 2 N–H and O–H groups in total. The third-order valence-electron chi connectivity index (χ3n) is 7.46. The molecular weight excluding hydrogens is 444 g/mol. The van der Waals surface area contributed by atoms with Gasteiger partial charge in [-0.25, -0.2) is 4.79 Å². The average Bonchev–Trinajstić information content (AvgIpc) is 3.81. The Balaban J connectivity index is 1.28. The van der Waals surface area contributed by atoms with E-state index in [-0.39, 0.29) is 30.3 Å². The zero-order valence-corrected chi connectivity index (χ0v) is 20.0. The molecule has 7 heteroatoms.